The number of carbonyl (C=O) groups excluding carboxylic acids is 1. The van der Waals surface area contributed by atoms with Crippen molar-refractivity contribution >= 4 is 40.3 Å². The minimum Gasteiger partial charge on any atom is -0.489 e. The molecule has 6 nitrogen and oxygen atoms in total. The molecular weight excluding hydrogens is 387 g/mol. The van der Waals surface area contributed by atoms with E-state index in [1.54, 1.807) is 48.7 Å². The molecule has 1 unspecified atom stereocenters. The van der Waals surface area contributed by atoms with Gasteiger partial charge < -0.3 is 14.2 Å². The van der Waals surface area contributed by atoms with Gasteiger partial charge in [0.1, 0.15) is 17.4 Å². The van der Waals surface area contributed by atoms with Crippen LogP contribution in [-0.2, 0) is 7.05 Å². The highest BCUT2D eigenvalue weighted by molar-refractivity contribution is 6.42. The predicted octanol–water partition coefficient (Wildman–Crippen LogP) is 4.20. The second kappa shape index (κ2) is 8.15. The third-order valence-corrected chi connectivity index (χ3v) is 5.01. The number of aryl methyl sites for hydroxylation is 1. The van der Waals surface area contributed by atoms with Gasteiger partial charge in [0.05, 0.1) is 28.5 Å². The van der Waals surface area contributed by atoms with Crippen molar-refractivity contribution in [2.24, 2.45) is 7.05 Å². The lowest BCUT2D eigenvalue weighted by Crippen LogP contribution is -2.36. The monoisotopic (exact) mass is 406 g/mol. The minimum absolute atomic E-state index is 0.133. The highest BCUT2D eigenvalue weighted by Gasteiger charge is 2.19. The number of likely N-dealkylation sites (N-methyl/N-ethyl adjacent to an activating group) is 1. The van der Waals surface area contributed by atoms with Gasteiger partial charge >= 0.3 is 0 Å². The van der Waals surface area contributed by atoms with Crippen LogP contribution in [0.4, 0.5) is 0 Å². The van der Waals surface area contributed by atoms with E-state index in [2.05, 4.69) is 9.97 Å². The van der Waals surface area contributed by atoms with E-state index in [4.69, 9.17) is 27.9 Å². The summed E-state index contributed by atoms with van der Waals surface area (Å²) in [5.41, 5.74) is 1.92. The standard InChI is InChI=1S/C19H20Cl2N4O2/c1-4-13(27-14-5-6-15(20)16(21)8-14)10-24(2)19(26)12-7-17-18(22-9-12)25(3)11-23-17/h5-9,11,13H,4,10H2,1-3H3. The summed E-state index contributed by atoms with van der Waals surface area (Å²) in [5, 5.41) is 0.907. The smallest absolute Gasteiger partial charge is 0.255 e. The van der Waals surface area contributed by atoms with Crippen molar-refractivity contribution in [1.82, 2.24) is 19.4 Å². The van der Waals surface area contributed by atoms with Crippen molar-refractivity contribution in [2.75, 3.05) is 13.6 Å². The molecule has 3 rings (SSSR count). The van der Waals surface area contributed by atoms with Gasteiger partial charge in [-0.05, 0) is 24.6 Å². The van der Waals surface area contributed by atoms with Crippen molar-refractivity contribution in [2.45, 2.75) is 19.4 Å². The first-order chi connectivity index (χ1) is 12.9. The highest BCUT2D eigenvalue weighted by atomic mass is 35.5. The molecule has 0 fully saturated rings. The molecule has 0 aliphatic heterocycles. The largest absolute Gasteiger partial charge is 0.489 e. The SMILES string of the molecule is CCC(CN(C)C(=O)c1cnc2c(c1)ncn2C)Oc1ccc(Cl)c(Cl)c1. The molecule has 0 bridgehead atoms. The van der Waals surface area contributed by atoms with Gasteiger partial charge in [-0.25, -0.2) is 9.97 Å². The second-order valence-corrected chi connectivity index (χ2v) is 7.15. The number of pyridine rings is 1. The molecule has 0 spiro atoms. The van der Waals surface area contributed by atoms with Crippen LogP contribution in [-0.4, -0.2) is 45.0 Å². The summed E-state index contributed by atoms with van der Waals surface area (Å²) in [6, 6.07) is 6.88. The topological polar surface area (TPSA) is 60.2 Å². The zero-order chi connectivity index (χ0) is 19.6. The molecule has 0 aliphatic rings. The number of ether oxygens (including phenoxy) is 1. The van der Waals surface area contributed by atoms with Gasteiger partial charge in [0.2, 0.25) is 0 Å². The molecule has 2 aromatic heterocycles. The van der Waals surface area contributed by atoms with Crippen molar-refractivity contribution in [3.8, 4) is 5.75 Å². The van der Waals surface area contributed by atoms with E-state index in [-0.39, 0.29) is 12.0 Å². The number of carbonyl (C=O) groups is 1. The first-order valence-corrected chi connectivity index (χ1v) is 9.29. The molecule has 2 heterocycles. The van der Waals surface area contributed by atoms with Crippen LogP contribution in [0.3, 0.4) is 0 Å². The van der Waals surface area contributed by atoms with Gasteiger partial charge in [-0.2, -0.15) is 0 Å². The molecule has 3 aromatic rings. The summed E-state index contributed by atoms with van der Waals surface area (Å²) in [5.74, 6) is 0.486. The van der Waals surface area contributed by atoms with E-state index in [1.807, 2.05) is 18.5 Å². The number of imidazole rings is 1. The van der Waals surface area contributed by atoms with E-state index < -0.39 is 0 Å². The summed E-state index contributed by atoms with van der Waals surface area (Å²) >= 11 is 12.0. The number of rotatable bonds is 6. The molecule has 0 saturated heterocycles. The zero-order valence-corrected chi connectivity index (χ0v) is 16.8. The fraction of sp³-hybridized carbons (Fsp3) is 0.316. The van der Waals surface area contributed by atoms with Gasteiger partial charge in [0, 0.05) is 26.4 Å². The van der Waals surface area contributed by atoms with Crippen LogP contribution >= 0.6 is 23.2 Å². The summed E-state index contributed by atoms with van der Waals surface area (Å²) in [6.45, 7) is 2.43. The maximum absolute atomic E-state index is 12.8. The molecule has 0 saturated carbocycles. The molecule has 1 atom stereocenters. The number of amides is 1. The van der Waals surface area contributed by atoms with Crippen LogP contribution in [0.5, 0.6) is 5.75 Å². The molecule has 142 valence electrons. The molecule has 27 heavy (non-hydrogen) atoms. The quantitative estimate of drug-likeness (QED) is 0.615. The first-order valence-electron chi connectivity index (χ1n) is 8.53. The van der Waals surface area contributed by atoms with Gasteiger partial charge in [-0.15, -0.1) is 0 Å². The van der Waals surface area contributed by atoms with E-state index in [9.17, 15) is 4.79 Å². The minimum atomic E-state index is -0.178. The van der Waals surface area contributed by atoms with Gasteiger partial charge in [-0.3, -0.25) is 4.79 Å². The van der Waals surface area contributed by atoms with Gasteiger partial charge in [-0.1, -0.05) is 30.1 Å². The average Bonchev–Trinajstić information content (AvgIpc) is 3.03. The third-order valence-electron chi connectivity index (χ3n) is 4.27. The Morgan fingerprint density at radius 1 is 1.26 bits per heavy atom. The van der Waals surface area contributed by atoms with E-state index in [0.29, 0.717) is 33.4 Å². The molecule has 1 amide bonds. The number of aromatic nitrogens is 3. The Morgan fingerprint density at radius 3 is 2.74 bits per heavy atom. The lowest BCUT2D eigenvalue weighted by molar-refractivity contribution is 0.0708. The summed E-state index contributed by atoms with van der Waals surface area (Å²) in [7, 11) is 3.61. The Balaban J connectivity index is 1.69. The Labute approximate surface area is 167 Å². The van der Waals surface area contributed by atoms with Gasteiger partial charge in [0.25, 0.3) is 5.91 Å². The molecular formula is C19H20Cl2N4O2. The normalized spacial score (nSPS) is 12.2. The Bertz CT molecular complexity index is 973. The molecule has 0 aliphatic carbocycles. The van der Waals surface area contributed by atoms with Crippen molar-refractivity contribution in [1.29, 1.82) is 0 Å². The lowest BCUT2D eigenvalue weighted by atomic mass is 10.2. The van der Waals surface area contributed by atoms with Crippen molar-refractivity contribution in [3.63, 3.8) is 0 Å². The van der Waals surface area contributed by atoms with Crippen LogP contribution in [0.1, 0.15) is 23.7 Å². The fourth-order valence-corrected chi connectivity index (χ4v) is 3.02. The summed E-state index contributed by atoms with van der Waals surface area (Å²) in [4.78, 5) is 23.0. The second-order valence-electron chi connectivity index (χ2n) is 6.33. The zero-order valence-electron chi connectivity index (χ0n) is 15.3. The van der Waals surface area contributed by atoms with E-state index >= 15 is 0 Å². The molecule has 0 N–H and O–H groups in total. The Morgan fingerprint density at radius 2 is 2.04 bits per heavy atom. The van der Waals surface area contributed by atoms with E-state index in [1.165, 1.54) is 0 Å². The lowest BCUT2D eigenvalue weighted by Gasteiger charge is -2.24. The number of hydrogen-bond donors (Lipinski definition) is 0. The van der Waals surface area contributed by atoms with Crippen LogP contribution in [0.2, 0.25) is 10.0 Å². The van der Waals surface area contributed by atoms with Crippen molar-refractivity contribution < 1.29 is 9.53 Å². The highest BCUT2D eigenvalue weighted by Crippen LogP contribution is 2.27. The number of hydrogen-bond acceptors (Lipinski definition) is 4. The molecule has 1 aromatic carbocycles. The van der Waals surface area contributed by atoms with Crippen molar-refractivity contribution in [3.05, 3.63) is 52.4 Å². The Kier molecular flexibility index (Phi) is 5.87. The summed E-state index contributed by atoms with van der Waals surface area (Å²) in [6.07, 6.45) is 3.80. The third kappa shape index (κ3) is 4.34. The molecule has 8 heteroatoms. The Hall–Kier alpha value is -2.31. The van der Waals surface area contributed by atoms with Gasteiger partial charge in [0.15, 0.2) is 5.65 Å². The maximum Gasteiger partial charge on any atom is 0.255 e. The number of fused-ring (bicyclic) bond motifs is 1. The van der Waals surface area contributed by atoms with Crippen LogP contribution < -0.4 is 4.74 Å². The van der Waals surface area contributed by atoms with Crippen LogP contribution in [0, 0.1) is 0 Å². The van der Waals surface area contributed by atoms with Crippen LogP contribution in [0.25, 0.3) is 11.2 Å². The first kappa shape index (κ1) is 19.5. The average molecular weight is 407 g/mol. The summed E-state index contributed by atoms with van der Waals surface area (Å²) < 4.78 is 7.77. The maximum atomic E-state index is 12.8. The van der Waals surface area contributed by atoms with Crippen LogP contribution in [0.15, 0.2) is 36.8 Å². The predicted molar refractivity (Wildman–Crippen MR) is 107 cm³/mol. The fourth-order valence-electron chi connectivity index (χ4n) is 2.73. The van der Waals surface area contributed by atoms with E-state index in [0.717, 1.165) is 12.1 Å². The number of nitrogens with zero attached hydrogens (tertiary/aromatic N) is 4. The number of benzene rings is 1. The number of halogens is 2. The molecule has 0 radical (unpaired) electrons.